The van der Waals surface area contributed by atoms with E-state index in [1.165, 1.54) is 0 Å². The fraction of sp³-hybridized carbons (Fsp3) is 0.136. The number of aromatic hydroxyl groups is 1. The average molecular weight is 332 g/mol. The third-order valence-corrected chi connectivity index (χ3v) is 4.16. The Morgan fingerprint density at radius 3 is 2.08 bits per heavy atom. The average Bonchev–Trinajstić information content (AvgIpc) is 2.63. The molecule has 3 aromatic rings. The Bertz CT molecular complexity index is 868. The van der Waals surface area contributed by atoms with Crippen LogP contribution in [0.2, 0.25) is 0 Å². The monoisotopic (exact) mass is 332 g/mol. The first-order valence-electron chi connectivity index (χ1n) is 8.15. The minimum Gasteiger partial charge on any atom is -0.506 e. The van der Waals surface area contributed by atoms with E-state index in [1.54, 1.807) is 18.2 Å². The summed E-state index contributed by atoms with van der Waals surface area (Å²) in [4.78, 5) is 12.7. The first kappa shape index (κ1) is 16.8. The van der Waals surface area contributed by atoms with Gasteiger partial charge in [-0.25, -0.2) is 4.79 Å². The van der Waals surface area contributed by atoms with Gasteiger partial charge in [0.05, 0.1) is 0 Å². The molecule has 0 aromatic heterocycles. The molecule has 0 unspecified atom stereocenters. The number of carbonyl (C=O) groups excluding carboxylic acids is 1. The molecule has 0 atom stereocenters. The van der Waals surface area contributed by atoms with E-state index >= 15 is 0 Å². The zero-order chi connectivity index (χ0) is 17.9. The number of hydrogen-bond acceptors (Lipinski definition) is 3. The van der Waals surface area contributed by atoms with Crippen molar-refractivity contribution in [1.29, 1.82) is 0 Å². The van der Waals surface area contributed by atoms with Crippen molar-refractivity contribution < 1.29 is 14.6 Å². The molecule has 0 bridgehead atoms. The van der Waals surface area contributed by atoms with E-state index < -0.39 is 11.6 Å². The summed E-state index contributed by atoms with van der Waals surface area (Å²) < 4.78 is 5.68. The lowest BCUT2D eigenvalue weighted by Gasteiger charge is -2.26. The predicted octanol–water partition coefficient (Wildman–Crippen LogP) is 5.15. The molecule has 0 radical (unpaired) electrons. The van der Waals surface area contributed by atoms with Crippen LogP contribution in [0.25, 0.3) is 11.1 Å². The summed E-state index contributed by atoms with van der Waals surface area (Å²) in [5.41, 5.74) is 1.70. The standard InChI is InChI=1S/C22H20O3/c1-22(2,17-12-7-4-8-13-17)25-21(24)19-15-9-14-18(20(19)23)16-10-5-3-6-11-16/h3-15,23H,1-2H3. The van der Waals surface area contributed by atoms with Gasteiger partial charge in [-0.2, -0.15) is 0 Å². The van der Waals surface area contributed by atoms with Crippen molar-refractivity contribution in [3.05, 3.63) is 90.0 Å². The number of rotatable bonds is 4. The van der Waals surface area contributed by atoms with Crippen LogP contribution in [-0.2, 0) is 10.3 Å². The lowest BCUT2D eigenvalue weighted by molar-refractivity contribution is -0.00337. The Labute approximate surface area is 147 Å². The molecule has 25 heavy (non-hydrogen) atoms. The first-order chi connectivity index (χ1) is 12.0. The van der Waals surface area contributed by atoms with Crippen LogP contribution in [0.15, 0.2) is 78.9 Å². The number of esters is 1. The molecule has 1 N–H and O–H groups in total. The van der Waals surface area contributed by atoms with Crippen molar-refractivity contribution in [1.82, 2.24) is 0 Å². The number of benzene rings is 3. The summed E-state index contributed by atoms with van der Waals surface area (Å²) in [6.07, 6.45) is 0. The number of phenols is 1. The number of carbonyl (C=O) groups is 1. The molecule has 3 nitrogen and oxygen atoms in total. The fourth-order valence-electron chi connectivity index (χ4n) is 2.74. The SMILES string of the molecule is CC(C)(OC(=O)c1cccc(-c2ccccc2)c1O)c1ccccc1. The number of ether oxygens (including phenoxy) is 1. The smallest absolute Gasteiger partial charge is 0.342 e. The number of phenolic OH excluding ortho intramolecular Hbond substituents is 1. The van der Waals surface area contributed by atoms with Gasteiger partial charge < -0.3 is 9.84 Å². The van der Waals surface area contributed by atoms with Crippen molar-refractivity contribution in [3.8, 4) is 16.9 Å². The minimum absolute atomic E-state index is 0.0671. The molecule has 3 aromatic carbocycles. The van der Waals surface area contributed by atoms with Crippen LogP contribution in [0.1, 0.15) is 29.8 Å². The molecule has 0 aliphatic rings. The second-order valence-electron chi connectivity index (χ2n) is 6.33. The normalized spacial score (nSPS) is 11.1. The number of hydrogen-bond donors (Lipinski definition) is 1. The Morgan fingerprint density at radius 2 is 1.44 bits per heavy atom. The summed E-state index contributed by atoms with van der Waals surface area (Å²) in [6.45, 7) is 3.66. The lowest BCUT2D eigenvalue weighted by Crippen LogP contribution is -2.25. The Morgan fingerprint density at radius 1 is 0.840 bits per heavy atom. The molecule has 0 saturated heterocycles. The molecular formula is C22H20O3. The van der Waals surface area contributed by atoms with E-state index in [0.29, 0.717) is 5.56 Å². The van der Waals surface area contributed by atoms with Crippen molar-refractivity contribution in [3.63, 3.8) is 0 Å². The molecule has 3 rings (SSSR count). The summed E-state index contributed by atoms with van der Waals surface area (Å²) in [7, 11) is 0. The summed E-state index contributed by atoms with van der Waals surface area (Å²) in [5.74, 6) is -0.619. The van der Waals surface area contributed by atoms with Gasteiger partial charge in [0.2, 0.25) is 0 Å². The third kappa shape index (κ3) is 3.56. The van der Waals surface area contributed by atoms with Gasteiger partial charge >= 0.3 is 5.97 Å². The topological polar surface area (TPSA) is 46.5 Å². The quantitative estimate of drug-likeness (QED) is 0.672. The number of para-hydroxylation sites is 1. The molecule has 0 amide bonds. The highest BCUT2D eigenvalue weighted by Gasteiger charge is 2.27. The molecule has 126 valence electrons. The zero-order valence-corrected chi connectivity index (χ0v) is 14.3. The molecule has 0 saturated carbocycles. The van der Waals surface area contributed by atoms with Crippen LogP contribution >= 0.6 is 0 Å². The van der Waals surface area contributed by atoms with E-state index in [0.717, 1.165) is 11.1 Å². The minimum atomic E-state index is -0.798. The van der Waals surface area contributed by atoms with Gasteiger partial charge in [0.15, 0.2) is 0 Å². The van der Waals surface area contributed by atoms with Crippen LogP contribution in [-0.4, -0.2) is 11.1 Å². The van der Waals surface area contributed by atoms with Crippen LogP contribution in [0, 0.1) is 0 Å². The Kier molecular flexibility index (Phi) is 4.57. The molecular weight excluding hydrogens is 312 g/mol. The molecule has 0 aliphatic carbocycles. The van der Waals surface area contributed by atoms with Gasteiger partial charge in [-0.05, 0) is 31.0 Å². The Balaban J connectivity index is 1.91. The predicted molar refractivity (Wildman–Crippen MR) is 98.4 cm³/mol. The first-order valence-corrected chi connectivity index (χ1v) is 8.15. The third-order valence-electron chi connectivity index (χ3n) is 4.16. The van der Waals surface area contributed by atoms with Gasteiger partial charge in [-0.1, -0.05) is 72.8 Å². The molecule has 0 spiro atoms. The van der Waals surface area contributed by atoms with Crippen LogP contribution < -0.4 is 0 Å². The maximum atomic E-state index is 12.7. The highest BCUT2D eigenvalue weighted by atomic mass is 16.6. The van der Waals surface area contributed by atoms with Crippen molar-refractivity contribution >= 4 is 5.97 Å². The van der Waals surface area contributed by atoms with Crippen LogP contribution in [0.4, 0.5) is 0 Å². The van der Waals surface area contributed by atoms with Crippen molar-refractivity contribution in [2.75, 3.05) is 0 Å². The van der Waals surface area contributed by atoms with E-state index in [4.69, 9.17) is 4.74 Å². The highest BCUT2D eigenvalue weighted by Crippen LogP contribution is 2.34. The largest absolute Gasteiger partial charge is 0.506 e. The second kappa shape index (κ2) is 6.81. The van der Waals surface area contributed by atoms with E-state index in [1.807, 2.05) is 74.5 Å². The zero-order valence-electron chi connectivity index (χ0n) is 14.3. The maximum absolute atomic E-state index is 12.7. The lowest BCUT2D eigenvalue weighted by atomic mass is 9.97. The molecule has 0 heterocycles. The van der Waals surface area contributed by atoms with Gasteiger partial charge in [0.25, 0.3) is 0 Å². The van der Waals surface area contributed by atoms with Gasteiger partial charge in [-0.3, -0.25) is 0 Å². The summed E-state index contributed by atoms with van der Waals surface area (Å²) in [5, 5.41) is 10.6. The Hall–Kier alpha value is -3.07. The maximum Gasteiger partial charge on any atom is 0.342 e. The molecule has 0 aliphatic heterocycles. The summed E-state index contributed by atoms with van der Waals surface area (Å²) >= 11 is 0. The van der Waals surface area contributed by atoms with Crippen molar-refractivity contribution in [2.45, 2.75) is 19.4 Å². The highest BCUT2D eigenvalue weighted by molar-refractivity contribution is 5.95. The fourth-order valence-corrected chi connectivity index (χ4v) is 2.74. The molecule has 0 fully saturated rings. The van der Waals surface area contributed by atoms with Gasteiger partial charge in [-0.15, -0.1) is 0 Å². The van der Waals surface area contributed by atoms with E-state index in [2.05, 4.69) is 0 Å². The van der Waals surface area contributed by atoms with Gasteiger partial charge in [0.1, 0.15) is 16.9 Å². The van der Waals surface area contributed by atoms with Crippen molar-refractivity contribution in [2.24, 2.45) is 0 Å². The van der Waals surface area contributed by atoms with E-state index in [-0.39, 0.29) is 11.3 Å². The van der Waals surface area contributed by atoms with Crippen LogP contribution in [0.5, 0.6) is 5.75 Å². The van der Waals surface area contributed by atoms with Gasteiger partial charge in [0, 0.05) is 5.56 Å². The van der Waals surface area contributed by atoms with Crippen LogP contribution in [0.3, 0.4) is 0 Å². The second-order valence-corrected chi connectivity index (χ2v) is 6.33. The summed E-state index contributed by atoms with van der Waals surface area (Å²) in [6, 6.07) is 24.1. The molecule has 3 heteroatoms. The van der Waals surface area contributed by atoms with E-state index in [9.17, 15) is 9.90 Å².